The SMILES string of the molecule is C[C@@H](CN1CCOCC1)n1c(=O)[nH]c2cc(C=C3c4ccccc4COc4cc(F)ccc43)ccc21. The summed E-state index contributed by atoms with van der Waals surface area (Å²) in [5.74, 6) is 0.195. The van der Waals surface area contributed by atoms with E-state index in [2.05, 4.69) is 29.0 Å². The van der Waals surface area contributed by atoms with Gasteiger partial charge >= 0.3 is 5.69 Å². The number of morpholine rings is 1. The van der Waals surface area contributed by atoms with E-state index in [9.17, 15) is 9.18 Å². The molecule has 1 aromatic heterocycles. The van der Waals surface area contributed by atoms with Gasteiger partial charge in [0, 0.05) is 37.3 Å². The molecule has 1 fully saturated rings. The highest BCUT2D eigenvalue weighted by Gasteiger charge is 2.21. The first-order chi connectivity index (χ1) is 17.6. The van der Waals surface area contributed by atoms with Crippen LogP contribution in [0.3, 0.4) is 0 Å². The first-order valence-corrected chi connectivity index (χ1v) is 12.3. The molecule has 2 aliphatic heterocycles. The number of fused-ring (bicyclic) bond motifs is 3. The summed E-state index contributed by atoms with van der Waals surface area (Å²) in [4.78, 5) is 18.3. The molecule has 2 aliphatic rings. The Morgan fingerprint density at radius 1 is 1.06 bits per heavy atom. The number of aromatic amines is 1. The zero-order valence-corrected chi connectivity index (χ0v) is 20.2. The lowest BCUT2D eigenvalue weighted by molar-refractivity contribution is 0.0326. The van der Waals surface area contributed by atoms with Crippen LogP contribution in [0.15, 0.2) is 65.5 Å². The van der Waals surface area contributed by atoms with Crippen molar-refractivity contribution in [3.63, 3.8) is 0 Å². The third-order valence-electron chi connectivity index (χ3n) is 7.04. The lowest BCUT2D eigenvalue weighted by atomic mass is 9.92. The molecule has 6 nitrogen and oxygen atoms in total. The van der Waals surface area contributed by atoms with Crippen LogP contribution in [0, 0.1) is 5.82 Å². The number of nitrogens with one attached hydrogen (secondary N) is 1. The van der Waals surface area contributed by atoms with Gasteiger partial charge in [0.25, 0.3) is 0 Å². The Bertz CT molecular complexity index is 1510. The standard InChI is InChI=1S/C29H28FN3O3/c1-19(17-32-10-12-35-13-11-32)33-27-9-6-20(15-26(27)31-29(33)34)14-25-23-5-3-2-4-21(23)18-36-28-16-22(30)7-8-24(25)28/h2-9,14-16,19H,10-13,17-18H2,1H3,(H,31,34)/t19-/m0/s1. The molecule has 3 aromatic carbocycles. The van der Waals surface area contributed by atoms with Crippen LogP contribution in [-0.4, -0.2) is 47.3 Å². The molecule has 1 atom stereocenters. The first kappa shape index (κ1) is 22.8. The second-order valence-corrected chi connectivity index (χ2v) is 9.48. The van der Waals surface area contributed by atoms with Crippen molar-refractivity contribution in [2.45, 2.75) is 19.6 Å². The quantitative estimate of drug-likeness (QED) is 0.449. The van der Waals surface area contributed by atoms with E-state index in [0.717, 1.165) is 71.7 Å². The zero-order valence-electron chi connectivity index (χ0n) is 20.2. The Kier molecular flexibility index (Phi) is 5.95. The van der Waals surface area contributed by atoms with Crippen LogP contribution in [0.4, 0.5) is 4.39 Å². The van der Waals surface area contributed by atoms with Crippen molar-refractivity contribution in [2.75, 3.05) is 32.8 Å². The number of rotatable bonds is 4. The van der Waals surface area contributed by atoms with Crippen molar-refractivity contribution in [1.82, 2.24) is 14.5 Å². The number of hydrogen-bond acceptors (Lipinski definition) is 4. The first-order valence-electron chi connectivity index (χ1n) is 12.3. The Labute approximate surface area is 208 Å². The number of imidazole rings is 1. The number of hydrogen-bond donors (Lipinski definition) is 1. The van der Waals surface area contributed by atoms with Gasteiger partial charge in [-0.1, -0.05) is 30.3 Å². The molecular formula is C29H28FN3O3. The van der Waals surface area contributed by atoms with E-state index in [1.807, 2.05) is 41.0 Å². The van der Waals surface area contributed by atoms with E-state index >= 15 is 0 Å². The highest BCUT2D eigenvalue weighted by atomic mass is 19.1. The maximum Gasteiger partial charge on any atom is 0.326 e. The minimum Gasteiger partial charge on any atom is -0.488 e. The summed E-state index contributed by atoms with van der Waals surface area (Å²) in [7, 11) is 0. The Balaban J connectivity index is 1.40. The van der Waals surface area contributed by atoms with Gasteiger partial charge < -0.3 is 14.5 Å². The number of benzene rings is 3. The van der Waals surface area contributed by atoms with Crippen LogP contribution in [0.5, 0.6) is 5.75 Å². The number of nitrogens with zero attached hydrogens (tertiary/aromatic N) is 2. The average Bonchev–Trinajstić information content (AvgIpc) is 3.14. The molecule has 4 aromatic rings. The molecule has 1 saturated heterocycles. The Morgan fingerprint density at radius 3 is 2.75 bits per heavy atom. The van der Waals surface area contributed by atoms with E-state index in [1.54, 1.807) is 6.07 Å². The van der Waals surface area contributed by atoms with Crippen LogP contribution in [-0.2, 0) is 11.3 Å². The maximum absolute atomic E-state index is 14.0. The predicted octanol–water partition coefficient (Wildman–Crippen LogP) is 4.84. The molecule has 0 spiro atoms. The van der Waals surface area contributed by atoms with E-state index in [1.165, 1.54) is 12.1 Å². The normalized spacial score (nSPS) is 17.9. The largest absolute Gasteiger partial charge is 0.488 e. The molecule has 7 heteroatoms. The van der Waals surface area contributed by atoms with Gasteiger partial charge in [-0.2, -0.15) is 0 Å². The smallest absolute Gasteiger partial charge is 0.326 e. The molecule has 0 aliphatic carbocycles. The minimum absolute atomic E-state index is 0.0289. The van der Waals surface area contributed by atoms with Crippen molar-refractivity contribution in [1.29, 1.82) is 0 Å². The molecule has 0 unspecified atom stereocenters. The summed E-state index contributed by atoms with van der Waals surface area (Å²) in [6.07, 6.45) is 2.08. The van der Waals surface area contributed by atoms with Gasteiger partial charge in [-0.05, 0) is 59.5 Å². The van der Waals surface area contributed by atoms with Crippen LogP contribution in [0.1, 0.15) is 35.2 Å². The molecule has 0 bridgehead atoms. The van der Waals surface area contributed by atoms with Crippen molar-refractivity contribution in [2.24, 2.45) is 0 Å². The number of H-pyrrole nitrogens is 1. The van der Waals surface area contributed by atoms with Gasteiger partial charge in [0.1, 0.15) is 18.2 Å². The number of halogens is 1. The highest BCUT2D eigenvalue weighted by molar-refractivity contribution is 5.95. The second kappa shape index (κ2) is 9.41. The van der Waals surface area contributed by atoms with Crippen molar-refractivity contribution in [3.8, 4) is 5.75 Å². The molecule has 0 amide bonds. The summed E-state index contributed by atoms with van der Waals surface area (Å²) in [5.41, 5.74) is 6.40. The van der Waals surface area contributed by atoms with Crippen LogP contribution in [0.2, 0.25) is 0 Å². The Morgan fingerprint density at radius 2 is 1.89 bits per heavy atom. The monoisotopic (exact) mass is 485 g/mol. The third kappa shape index (κ3) is 4.25. The maximum atomic E-state index is 14.0. The molecule has 1 N–H and O–H groups in total. The molecule has 6 rings (SSSR count). The minimum atomic E-state index is -0.328. The number of aromatic nitrogens is 2. The predicted molar refractivity (Wildman–Crippen MR) is 139 cm³/mol. The zero-order chi connectivity index (χ0) is 24.6. The van der Waals surface area contributed by atoms with Crippen LogP contribution < -0.4 is 10.4 Å². The number of ether oxygens (including phenoxy) is 2. The lowest BCUT2D eigenvalue weighted by Gasteiger charge is -2.29. The molecule has 36 heavy (non-hydrogen) atoms. The van der Waals surface area contributed by atoms with Gasteiger partial charge in [-0.25, -0.2) is 9.18 Å². The lowest BCUT2D eigenvalue weighted by Crippen LogP contribution is -2.40. The average molecular weight is 486 g/mol. The van der Waals surface area contributed by atoms with E-state index in [4.69, 9.17) is 9.47 Å². The van der Waals surface area contributed by atoms with Gasteiger partial charge in [0.05, 0.1) is 24.2 Å². The summed E-state index contributed by atoms with van der Waals surface area (Å²) in [6.45, 7) is 6.49. The molecular weight excluding hydrogens is 457 g/mol. The third-order valence-corrected chi connectivity index (χ3v) is 7.04. The van der Waals surface area contributed by atoms with Crippen LogP contribution in [0.25, 0.3) is 22.7 Å². The summed E-state index contributed by atoms with van der Waals surface area (Å²) in [5, 5.41) is 0. The van der Waals surface area contributed by atoms with Gasteiger partial charge in [0.2, 0.25) is 0 Å². The fourth-order valence-corrected chi connectivity index (χ4v) is 5.28. The molecule has 0 saturated carbocycles. The molecule has 184 valence electrons. The van der Waals surface area contributed by atoms with E-state index in [-0.39, 0.29) is 17.5 Å². The Hall–Kier alpha value is -3.68. The van der Waals surface area contributed by atoms with Crippen LogP contribution >= 0.6 is 0 Å². The summed E-state index contributed by atoms with van der Waals surface area (Å²) >= 11 is 0. The fraction of sp³-hybridized carbons (Fsp3) is 0.276. The molecule has 0 radical (unpaired) electrons. The van der Waals surface area contributed by atoms with E-state index in [0.29, 0.717) is 12.4 Å². The highest BCUT2D eigenvalue weighted by Crippen LogP contribution is 2.38. The van der Waals surface area contributed by atoms with Crippen molar-refractivity contribution >= 4 is 22.7 Å². The summed E-state index contributed by atoms with van der Waals surface area (Å²) < 4.78 is 27.2. The van der Waals surface area contributed by atoms with Crippen molar-refractivity contribution in [3.05, 3.63) is 99.2 Å². The van der Waals surface area contributed by atoms with E-state index < -0.39 is 0 Å². The van der Waals surface area contributed by atoms with Gasteiger partial charge in [-0.15, -0.1) is 0 Å². The van der Waals surface area contributed by atoms with Gasteiger partial charge in [0.15, 0.2) is 0 Å². The topological polar surface area (TPSA) is 59.5 Å². The fourth-order valence-electron chi connectivity index (χ4n) is 5.28. The molecule has 3 heterocycles. The second-order valence-electron chi connectivity index (χ2n) is 9.48. The van der Waals surface area contributed by atoms with Gasteiger partial charge in [-0.3, -0.25) is 9.47 Å². The van der Waals surface area contributed by atoms with Crippen molar-refractivity contribution < 1.29 is 13.9 Å². The summed E-state index contributed by atoms with van der Waals surface area (Å²) in [6, 6.07) is 18.8.